The van der Waals surface area contributed by atoms with Crippen molar-refractivity contribution in [3.8, 4) is 16.3 Å². The molecule has 0 saturated heterocycles. The smallest absolute Gasteiger partial charge is 0.129 e. The molecule has 0 fully saturated rings. The SMILES string of the molecule is CCOc1ccccc1-c1nc(CC)c(C(C)N)s1. The summed E-state index contributed by atoms with van der Waals surface area (Å²) in [6, 6.07) is 8.05. The molecule has 1 aromatic heterocycles. The van der Waals surface area contributed by atoms with Crippen LogP contribution in [0, 0.1) is 0 Å². The van der Waals surface area contributed by atoms with E-state index < -0.39 is 0 Å². The van der Waals surface area contributed by atoms with Gasteiger partial charge in [-0.2, -0.15) is 0 Å². The van der Waals surface area contributed by atoms with Crippen LogP contribution < -0.4 is 10.5 Å². The van der Waals surface area contributed by atoms with Crippen molar-refractivity contribution in [1.29, 1.82) is 0 Å². The van der Waals surface area contributed by atoms with Crippen molar-refractivity contribution in [1.82, 2.24) is 4.98 Å². The monoisotopic (exact) mass is 276 g/mol. The minimum Gasteiger partial charge on any atom is -0.493 e. The summed E-state index contributed by atoms with van der Waals surface area (Å²) in [5, 5.41) is 0.994. The third-order valence-electron chi connectivity index (χ3n) is 2.89. The van der Waals surface area contributed by atoms with Gasteiger partial charge in [0, 0.05) is 10.9 Å². The van der Waals surface area contributed by atoms with Crippen molar-refractivity contribution in [2.45, 2.75) is 33.2 Å². The van der Waals surface area contributed by atoms with Gasteiger partial charge in [0.25, 0.3) is 0 Å². The first-order valence-corrected chi connectivity index (χ1v) is 7.46. The molecule has 0 amide bonds. The number of nitrogens with zero attached hydrogens (tertiary/aromatic N) is 1. The zero-order valence-corrected chi connectivity index (χ0v) is 12.5. The lowest BCUT2D eigenvalue weighted by molar-refractivity contribution is 0.341. The number of para-hydroxylation sites is 1. The molecule has 4 heteroatoms. The Morgan fingerprint density at radius 3 is 2.63 bits per heavy atom. The van der Waals surface area contributed by atoms with Crippen LogP contribution in [0.25, 0.3) is 10.6 Å². The van der Waals surface area contributed by atoms with Crippen molar-refractivity contribution in [2.24, 2.45) is 5.73 Å². The van der Waals surface area contributed by atoms with E-state index in [0.29, 0.717) is 6.61 Å². The molecule has 0 spiro atoms. The van der Waals surface area contributed by atoms with Gasteiger partial charge in [-0.15, -0.1) is 11.3 Å². The standard InChI is InChI=1S/C15H20N2OS/c1-4-12-14(10(3)16)19-15(17-12)11-8-6-7-9-13(11)18-5-2/h6-10H,4-5,16H2,1-3H3. The first-order valence-electron chi connectivity index (χ1n) is 6.64. The molecule has 1 heterocycles. The van der Waals surface area contributed by atoms with Gasteiger partial charge in [-0.25, -0.2) is 4.98 Å². The highest BCUT2D eigenvalue weighted by Crippen LogP contribution is 2.36. The highest BCUT2D eigenvalue weighted by atomic mass is 32.1. The van der Waals surface area contributed by atoms with E-state index >= 15 is 0 Å². The number of aryl methyl sites for hydroxylation is 1. The van der Waals surface area contributed by atoms with Crippen LogP contribution in [0.3, 0.4) is 0 Å². The second-order valence-corrected chi connectivity index (χ2v) is 5.43. The summed E-state index contributed by atoms with van der Waals surface area (Å²) in [4.78, 5) is 5.89. The van der Waals surface area contributed by atoms with E-state index in [0.717, 1.165) is 28.4 Å². The van der Waals surface area contributed by atoms with Gasteiger partial charge in [0.2, 0.25) is 0 Å². The van der Waals surface area contributed by atoms with Crippen molar-refractivity contribution >= 4 is 11.3 Å². The van der Waals surface area contributed by atoms with Crippen LogP contribution in [0.15, 0.2) is 24.3 Å². The van der Waals surface area contributed by atoms with E-state index in [9.17, 15) is 0 Å². The first-order chi connectivity index (χ1) is 9.17. The van der Waals surface area contributed by atoms with Crippen LogP contribution in [0.5, 0.6) is 5.75 Å². The zero-order chi connectivity index (χ0) is 13.8. The Labute approximate surface area is 118 Å². The molecule has 1 aromatic carbocycles. The van der Waals surface area contributed by atoms with E-state index in [4.69, 9.17) is 15.5 Å². The van der Waals surface area contributed by atoms with Gasteiger partial charge in [0.05, 0.1) is 17.9 Å². The molecule has 0 radical (unpaired) electrons. The molecule has 2 rings (SSSR count). The topological polar surface area (TPSA) is 48.1 Å². The Morgan fingerprint density at radius 2 is 2.05 bits per heavy atom. The summed E-state index contributed by atoms with van der Waals surface area (Å²) in [7, 11) is 0. The summed E-state index contributed by atoms with van der Waals surface area (Å²) in [6.07, 6.45) is 0.907. The van der Waals surface area contributed by atoms with Crippen LogP contribution in [0.4, 0.5) is 0 Å². The quantitative estimate of drug-likeness (QED) is 0.903. The molecule has 3 nitrogen and oxygen atoms in total. The molecule has 1 unspecified atom stereocenters. The van der Waals surface area contributed by atoms with Gasteiger partial charge in [0.1, 0.15) is 10.8 Å². The van der Waals surface area contributed by atoms with Gasteiger partial charge >= 0.3 is 0 Å². The van der Waals surface area contributed by atoms with Gasteiger partial charge < -0.3 is 10.5 Å². The van der Waals surface area contributed by atoms with Crippen LogP contribution in [0.1, 0.15) is 37.4 Å². The van der Waals surface area contributed by atoms with Crippen LogP contribution >= 0.6 is 11.3 Å². The molecule has 0 bridgehead atoms. The molecule has 2 aromatic rings. The van der Waals surface area contributed by atoms with Crippen molar-refractivity contribution in [2.75, 3.05) is 6.61 Å². The number of hydrogen-bond acceptors (Lipinski definition) is 4. The Bertz CT molecular complexity index is 549. The minimum atomic E-state index is 0.0282. The fourth-order valence-electron chi connectivity index (χ4n) is 2.01. The molecule has 19 heavy (non-hydrogen) atoms. The molecule has 2 N–H and O–H groups in total. The third kappa shape index (κ3) is 2.96. The minimum absolute atomic E-state index is 0.0282. The molecular weight excluding hydrogens is 256 g/mol. The number of aromatic nitrogens is 1. The largest absolute Gasteiger partial charge is 0.493 e. The maximum atomic E-state index is 6.02. The maximum absolute atomic E-state index is 6.02. The first kappa shape index (κ1) is 14.0. The average molecular weight is 276 g/mol. The number of rotatable bonds is 5. The van der Waals surface area contributed by atoms with Crippen LogP contribution in [-0.2, 0) is 6.42 Å². The Hall–Kier alpha value is -1.39. The van der Waals surface area contributed by atoms with Crippen molar-refractivity contribution in [3.63, 3.8) is 0 Å². The van der Waals surface area contributed by atoms with Gasteiger partial charge in [-0.1, -0.05) is 19.1 Å². The Morgan fingerprint density at radius 1 is 1.32 bits per heavy atom. The van der Waals surface area contributed by atoms with Gasteiger partial charge in [0.15, 0.2) is 0 Å². The molecule has 0 aliphatic rings. The summed E-state index contributed by atoms with van der Waals surface area (Å²) in [5.41, 5.74) is 8.17. The normalized spacial score (nSPS) is 12.4. The fraction of sp³-hybridized carbons (Fsp3) is 0.400. The molecular formula is C15H20N2OS. The van der Waals surface area contributed by atoms with Gasteiger partial charge in [-0.05, 0) is 32.4 Å². The maximum Gasteiger partial charge on any atom is 0.129 e. The van der Waals surface area contributed by atoms with E-state index in [1.807, 2.05) is 38.1 Å². The Balaban J connectivity index is 2.47. The highest BCUT2D eigenvalue weighted by molar-refractivity contribution is 7.15. The number of hydrogen-bond donors (Lipinski definition) is 1. The highest BCUT2D eigenvalue weighted by Gasteiger charge is 2.16. The van der Waals surface area contributed by atoms with E-state index in [1.54, 1.807) is 11.3 Å². The zero-order valence-electron chi connectivity index (χ0n) is 11.6. The Kier molecular flexibility index (Phi) is 4.56. The number of benzene rings is 1. The predicted molar refractivity (Wildman–Crippen MR) is 80.7 cm³/mol. The van der Waals surface area contributed by atoms with E-state index in [2.05, 4.69) is 6.92 Å². The average Bonchev–Trinajstić information content (AvgIpc) is 2.84. The second-order valence-electron chi connectivity index (χ2n) is 4.40. The molecule has 0 aliphatic heterocycles. The van der Waals surface area contributed by atoms with Crippen molar-refractivity contribution < 1.29 is 4.74 Å². The van der Waals surface area contributed by atoms with Crippen LogP contribution in [-0.4, -0.2) is 11.6 Å². The predicted octanol–water partition coefficient (Wildman–Crippen LogP) is 3.79. The summed E-state index contributed by atoms with van der Waals surface area (Å²) >= 11 is 1.67. The molecule has 1 atom stereocenters. The van der Waals surface area contributed by atoms with E-state index in [1.165, 1.54) is 4.88 Å². The molecule has 0 saturated carbocycles. The number of nitrogens with two attached hydrogens (primary N) is 1. The second kappa shape index (κ2) is 6.17. The van der Waals surface area contributed by atoms with Crippen molar-refractivity contribution in [3.05, 3.63) is 34.8 Å². The van der Waals surface area contributed by atoms with Gasteiger partial charge in [-0.3, -0.25) is 0 Å². The summed E-state index contributed by atoms with van der Waals surface area (Å²) in [6.45, 7) is 6.76. The lowest BCUT2D eigenvalue weighted by Gasteiger charge is -2.07. The van der Waals surface area contributed by atoms with E-state index in [-0.39, 0.29) is 6.04 Å². The fourth-order valence-corrected chi connectivity index (χ4v) is 3.15. The molecule has 102 valence electrons. The number of thiazole rings is 1. The third-order valence-corrected chi connectivity index (χ3v) is 4.23. The lowest BCUT2D eigenvalue weighted by Crippen LogP contribution is -2.05. The number of ether oxygens (including phenoxy) is 1. The van der Waals surface area contributed by atoms with Crippen LogP contribution in [0.2, 0.25) is 0 Å². The molecule has 0 aliphatic carbocycles. The summed E-state index contributed by atoms with van der Waals surface area (Å²) in [5.74, 6) is 0.887. The lowest BCUT2D eigenvalue weighted by atomic mass is 10.2. The summed E-state index contributed by atoms with van der Waals surface area (Å²) < 4.78 is 5.67.